The predicted molar refractivity (Wildman–Crippen MR) is 88.0 cm³/mol. The molecule has 2 rings (SSSR count). The zero-order valence-corrected chi connectivity index (χ0v) is 14.5. The van der Waals surface area contributed by atoms with Gasteiger partial charge in [-0.1, -0.05) is 36.0 Å². The second-order valence-corrected chi connectivity index (χ2v) is 8.06. The molecule has 1 heterocycles. The maximum atomic E-state index is 11.9. The summed E-state index contributed by atoms with van der Waals surface area (Å²) in [4.78, 5) is 11.9. The molecular formula is C15H21Cl2NO2S. The van der Waals surface area contributed by atoms with Crippen molar-refractivity contribution in [2.45, 2.75) is 51.5 Å². The van der Waals surface area contributed by atoms with Crippen molar-refractivity contribution in [3.05, 3.63) is 20.3 Å². The molecule has 6 heteroatoms. The first kappa shape index (κ1) is 17.1. The first-order chi connectivity index (χ1) is 9.96. The topological polar surface area (TPSA) is 52.3 Å². The van der Waals surface area contributed by atoms with Crippen LogP contribution in [0.3, 0.4) is 0 Å². The van der Waals surface area contributed by atoms with Gasteiger partial charge in [0, 0.05) is 6.04 Å². The molecule has 3 nitrogen and oxygen atoms in total. The minimum atomic E-state index is -0.186. The summed E-state index contributed by atoms with van der Waals surface area (Å²) in [5, 5.41) is 0. The Labute approximate surface area is 139 Å². The van der Waals surface area contributed by atoms with Crippen LogP contribution in [-0.2, 0) is 9.53 Å². The molecule has 1 unspecified atom stereocenters. The number of hydrogen-bond acceptors (Lipinski definition) is 4. The Morgan fingerprint density at radius 2 is 2.14 bits per heavy atom. The van der Waals surface area contributed by atoms with E-state index in [0.29, 0.717) is 21.7 Å². The molecular weight excluding hydrogens is 329 g/mol. The van der Waals surface area contributed by atoms with E-state index in [1.807, 2.05) is 13.0 Å². The van der Waals surface area contributed by atoms with Gasteiger partial charge in [-0.2, -0.15) is 0 Å². The van der Waals surface area contributed by atoms with Gasteiger partial charge in [-0.3, -0.25) is 4.79 Å². The summed E-state index contributed by atoms with van der Waals surface area (Å²) in [7, 11) is 0. The number of hydrogen-bond donors (Lipinski definition) is 1. The molecule has 0 spiro atoms. The number of halogens is 2. The minimum Gasteiger partial charge on any atom is -0.466 e. The lowest BCUT2D eigenvalue weighted by atomic mass is 9.76. The van der Waals surface area contributed by atoms with Crippen molar-refractivity contribution in [1.82, 2.24) is 0 Å². The van der Waals surface area contributed by atoms with Crippen LogP contribution < -0.4 is 5.73 Å². The zero-order chi connectivity index (χ0) is 15.5. The molecule has 1 aliphatic carbocycles. The standard InChI is InChI=1S/C15H21Cl2NO2S/c1-2-20-13(19)9-15(5-3-4-6-15)8-11(18)10-7-12(16)21-14(10)17/h7,11H,2-6,8-9,18H2,1H3. The molecule has 21 heavy (non-hydrogen) atoms. The van der Waals surface area contributed by atoms with Crippen LogP contribution in [0, 0.1) is 5.41 Å². The highest BCUT2D eigenvalue weighted by atomic mass is 35.5. The summed E-state index contributed by atoms with van der Waals surface area (Å²) in [5.41, 5.74) is 7.17. The van der Waals surface area contributed by atoms with Gasteiger partial charge in [0.25, 0.3) is 0 Å². The van der Waals surface area contributed by atoms with Gasteiger partial charge in [0.15, 0.2) is 0 Å². The Morgan fingerprint density at radius 1 is 1.48 bits per heavy atom. The monoisotopic (exact) mass is 349 g/mol. The van der Waals surface area contributed by atoms with E-state index < -0.39 is 0 Å². The Hall–Kier alpha value is -0.290. The Kier molecular flexibility index (Phi) is 5.95. The van der Waals surface area contributed by atoms with E-state index >= 15 is 0 Å². The van der Waals surface area contributed by atoms with Gasteiger partial charge in [0.1, 0.15) is 0 Å². The molecule has 1 atom stereocenters. The Bertz CT molecular complexity index is 498. The van der Waals surface area contributed by atoms with Crippen LogP contribution in [-0.4, -0.2) is 12.6 Å². The van der Waals surface area contributed by atoms with E-state index in [1.165, 1.54) is 11.3 Å². The third-order valence-corrected chi connectivity index (χ3v) is 5.74. The van der Waals surface area contributed by atoms with Gasteiger partial charge in [0.2, 0.25) is 0 Å². The van der Waals surface area contributed by atoms with Crippen molar-refractivity contribution in [2.24, 2.45) is 11.1 Å². The second kappa shape index (κ2) is 7.32. The van der Waals surface area contributed by atoms with Crippen molar-refractivity contribution in [3.63, 3.8) is 0 Å². The normalized spacial score (nSPS) is 18.7. The predicted octanol–water partition coefficient (Wildman–Crippen LogP) is 4.96. The summed E-state index contributed by atoms with van der Waals surface area (Å²) in [6.07, 6.45) is 5.53. The van der Waals surface area contributed by atoms with Crippen molar-refractivity contribution in [1.29, 1.82) is 0 Å². The van der Waals surface area contributed by atoms with Crippen LogP contribution in [0.25, 0.3) is 0 Å². The first-order valence-corrected chi connectivity index (χ1v) is 8.89. The number of rotatable bonds is 6. The fourth-order valence-corrected chi connectivity index (χ4v) is 4.88. The Balaban J connectivity index is 2.08. The van der Waals surface area contributed by atoms with Crippen molar-refractivity contribution >= 4 is 40.5 Å². The highest BCUT2D eigenvalue weighted by Gasteiger charge is 2.38. The molecule has 0 bridgehead atoms. The van der Waals surface area contributed by atoms with E-state index in [9.17, 15) is 4.79 Å². The summed E-state index contributed by atoms with van der Waals surface area (Å²) in [6.45, 7) is 2.25. The first-order valence-electron chi connectivity index (χ1n) is 7.32. The van der Waals surface area contributed by atoms with Gasteiger partial charge in [-0.25, -0.2) is 0 Å². The number of carbonyl (C=O) groups is 1. The molecule has 0 saturated heterocycles. The second-order valence-electron chi connectivity index (χ2n) is 5.78. The number of nitrogens with two attached hydrogens (primary N) is 1. The SMILES string of the molecule is CCOC(=O)CC1(CC(N)c2cc(Cl)sc2Cl)CCCC1. The molecule has 1 aromatic rings. The average molecular weight is 350 g/mol. The Morgan fingerprint density at radius 3 is 2.67 bits per heavy atom. The lowest BCUT2D eigenvalue weighted by Gasteiger charge is -2.30. The quantitative estimate of drug-likeness (QED) is 0.738. The van der Waals surface area contributed by atoms with Crippen LogP contribution in [0.1, 0.15) is 57.1 Å². The summed E-state index contributed by atoms with van der Waals surface area (Å²) in [5.74, 6) is -0.124. The molecule has 2 N–H and O–H groups in total. The van der Waals surface area contributed by atoms with E-state index in [4.69, 9.17) is 33.7 Å². The van der Waals surface area contributed by atoms with Crippen molar-refractivity contribution in [3.8, 4) is 0 Å². The highest BCUT2D eigenvalue weighted by Crippen LogP contribution is 2.48. The van der Waals surface area contributed by atoms with Gasteiger partial charge in [-0.15, -0.1) is 11.3 Å². The zero-order valence-electron chi connectivity index (χ0n) is 12.2. The lowest BCUT2D eigenvalue weighted by Crippen LogP contribution is -2.27. The number of thiophene rings is 1. The fourth-order valence-electron chi connectivity index (χ4n) is 3.28. The van der Waals surface area contributed by atoms with Crippen LogP contribution in [0.2, 0.25) is 8.67 Å². The molecule has 1 aliphatic rings. The van der Waals surface area contributed by atoms with E-state index in [1.54, 1.807) is 0 Å². The molecule has 118 valence electrons. The summed E-state index contributed by atoms with van der Waals surface area (Å²) < 4.78 is 6.42. The number of ether oxygens (including phenoxy) is 1. The third kappa shape index (κ3) is 4.35. The van der Waals surface area contributed by atoms with Crippen LogP contribution in [0.4, 0.5) is 0 Å². The summed E-state index contributed by atoms with van der Waals surface area (Å²) in [6, 6.07) is 1.65. The maximum absolute atomic E-state index is 11.9. The van der Waals surface area contributed by atoms with Gasteiger partial charge < -0.3 is 10.5 Å². The van der Waals surface area contributed by atoms with Crippen molar-refractivity contribution < 1.29 is 9.53 Å². The van der Waals surface area contributed by atoms with Crippen LogP contribution in [0.5, 0.6) is 0 Å². The third-order valence-electron chi connectivity index (χ3n) is 4.22. The number of carbonyl (C=O) groups excluding carboxylic acids is 1. The van der Waals surface area contributed by atoms with E-state index in [2.05, 4.69) is 0 Å². The van der Waals surface area contributed by atoms with Gasteiger partial charge in [-0.05, 0) is 43.2 Å². The van der Waals surface area contributed by atoms with E-state index in [0.717, 1.165) is 37.7 Å². The molecule has 0 amide bonds. The minimum absolute atomic E-state index is 0.0522. The van der Waals surface area contributed by atoms with Crippen molar-refractivity contribution in [2.75, 3.05) is 6.61 Å². The van der Waals surface area contributed by atoms with Gasteiger partial charge >= 0.3 is 5.97 Å². The number of esters is 1. The highest BCUT2D eigenvalue weighted by molar-refractivity contribution is 7.20. The molecule has 0 radical (unpaired) electrons. The van der Waals surface area contributed by atoms with Crippen LogP contribution >= 0.6 is 34.5 Å². The van der Waals surface area contributed by atoms with Gasteiger partial charge in [0.05, 0.1) is 21.7 Å². The van der Waals surface area contributed by atoms with Crippen LogP contribution in [0.15, 0.2) is 6.07 Å². The fraction of sp³-hybridized carbons (Fsp3) is 0.667. The van der Waals surface area contributed by atoms with E-state index in [-0.39, 0.29) is 17.4 Å². The largest absolute Gasteiger partial charge is 0.466 e. The lowest BCUT2D eigenvalue weighted by molar-refractivity contribution is -0.146. The molecule has 1 saturated carbocycles. The summed E-state index contributed by atoms with van der Waals surface area (Å²) >= 11 is 13.5. The molecule has 1 fully saturated rings. The smallest absolute Gasteiger partial charge is 0.306 e. The maximum Gasteiger partial charge on any atom is 0.306 e. The molecule has 1 aromatic heterocycles. The molecule has 0 aliphatic heterocycles. The average Bonchev–Trinajstić information content (AvgIpc) is 2.96. The molecule has 0 aromatic carbocycles.